The van der Waals surface area contributed by atoms with E-state index in [0.29, 0.717) is 11.1 Å². The van der Waals surface area contributed by atoms with Gasteiger partial charge in [-0.1, -0.05) is 12.1 Å². The fourth-order valence-corrected chi connectivity index (χ4v) is 2.37. The highest BCUT2D eigenvalue weighted by Crippen LogP contribution is 2.22. The SMILES string of the molecule is O=C(CCN1C(=O)c2ccccc2C1=O)NCCNC(=O)OCCCl. The molecule has 2 N–H and O–H groups in total. The molecule has 0 aromatic heterocycles. The molecule has 0 aliphatic carbocycles. The van der Waals surface area contributed by atoms with Crippen molar-refractivity contribution in [1.82, 2.24) is 15.5 Å². The molecule has 1 aromatic carbocycles. The molecule has 134 valence electrons. The van der Waals surface area contributed by atoms with E-state index in [9.17, 15) is 19.2 Å². The van der Waals surface area contributed by atoms with Gasteiger partial charge < -0.3 is 15.4 Å². The molecule has 1 aromatic rings. The molecular weight excluding hydrogens is 350 g/mol. The van der Waals surface area contributed by atoms with Gasteiger partial charge in [0.2, 0.25) is 5.91 Å². The highest BCUT2D eigenvalue weighted by molar-refractivity contribution is 6.21. The zero-order valence-electron chi connectivity index (χ0n) is 13.4. The van der Waals surface area contributed by atoms with Crippen LogP contribution in [0.25, 0.3) is 0 Å². The van der Waals surface area contributed by atoms with E-state index >= 15 is 0 Å². The molecule has 0 radical (unpaired) electrons. The van der Waals surface area contributed by atoms with Crippen molar-refractivity contribution < 1.29 is 23.9 Å². The third-order valence-electron chi connectivity index (χ3n) is 3.47. The Morgan fingerprint density at radius 2 is 1.64 bits per heavy atom. The number of imide groups is 1. The van der Waals surface area contributed by atoms with Crippen molar-refractivity contribution in [2.75, 3.05) is 32.1 Å². The first-order chi connectivity index (χ1) is 12.0. The fourth-order valence-electron chi connectivity index (χ4n) is 2.29. The van der Waals surface area contributed by atoms with Crippen LogP contribution in [0.2, 0.25) is 0 Å². The van der Waals surface area contributed by atoms with E-state index in [1.807, 2.05) is 0 Å². The molecule has 0 atom stereocenters. The van der Waals surface area contributed by atoms with Crippen LogP contribution in [-0.4, -0.2) is 60.8 Å². The summed E-state index contributed by atoms with van der Waals surface area (Å²) in [7, 11) is 0. The first-order valence-electron chi connectivity index (χ1n) is 7.73. The molecule has 0 bridgehead atoms. The molecule has 0 fully saturated rings. The van der Waals surface area contributed by atoms with Crippen LogP contribution in [0, 0.1) is 0 Å². The fraction of sp³-hybridized carbons (Fsp3) is 0.375. The monoisotopic (exact) mass is 367 g/mol. The number of amides is 4. The van der Waals surface area contributed by atoms with Crippen LogP contribution >= 0.6 is 11.6 Å². The Labute approximate surface area is 149 Å². The summed E-state index contributed by atoms with van der Waals surface area (Å²) in [6, 6.07) is 6.55. The minimum absolute atomic E-state index is 0.00335. The Morgan fingerprint density at radius 1 is 1.04 bits per heavy atom. The lowest BCUT2D eigenvalue weighted by atomic mass is 10.1. The van der Waals surface area contributed by atoms with E-state index in [0.717, 1.165) is 4.90 Å². The second-order valence-corrected chi connectivity index (χ2v) is 5.54. The number of alkyl halides is 1. The van der Waals surface area contributed by atoms with E-state index in [1.54, 1.807) is 24.3 Å². The lowest BCUT2D eigenvalue weighted by Gasteiger charge is -2.13. The van der Waals surface area contributed by atoms with Crippen LogP contribution in [0.5, 0.6) is 0 Å². The molecule has 0 saturated heterocycles. The summed E-state index contributed by atoms with van der Waals surface area (Å²) in [4.78, 5) is 48.3. The minimum Gasteiger partial charge on any atom is -0.448 e. The van der Waals surface area contributed by atoms with E-state index in [1.165, 1.54) is 0 Å². The number of hydrogen-bond donors (Lipinski definition) is 2. The molecule has 0 unspecified atom stereocenters. The second kappa shape index (κ2) is 9.03. The number of hydrogen-bond acceptors (Lipinski definition) is 5. The standard InChI is InChI=1S/C16H18ClN3O5/c17-6-10-25-16(24)19-8-7-18-13(21)5-9-20-14(22)11-3-1-2-4-12(11)15(20)23/h1-4H,5-10H2,(H,18,21)(H,19,24). The van der Waals surface area contributed by atoms with Gasteiger partial charge in [-0.3, -0.25) is 19.3 Å². The third kappa shape index (κ3) is 4.93. The van der Waals surface area contributed by atoms with Crippen molar-refractivity contribution in [3.8, 4) is 0 Å². The Bertz CT molecular complexity index is 644. The summed E-state index contributed by atoms with van der Waals surface area (Å²) in [5.74, 6) is -0.899. The normalized spacial score (nSPS) is 12.8. The van der Waals surface area contributed by atoms with Crippen molar-refractivity contribution >= 4 is 35.4 Å². The Balaban J connectivity index is 1.68. The lowest BCUT2D eigenvalue weighted by molar-refractivity contribution is -0.121. The maximum Gasteiger partial charge on any atom is 0.407 e. The van der Waals surface area contributed by atoms with E-state index in [4.69, 9.17) is 16.3 Å². The van der Waals surface area contributed by atoms with Gasteiger partial charge in [-0.25, -0.2) is 4.79 Å². The number of fused-ring (bicyclic) bond motifs is 1. The molecule has 25 heavy (non-hydrogen) atoms. The second-order valence-electron chi connectivity index (χ2n) is 5.16. The minimum atomic E-state index is -0.610. The Morgan fingerprint density at radius 3 is 2.24 bits per heavy atom. The highest BCUT2D eigenvalue weighted by atomic mass is 35.5. The summed E-state index contributed by atoms with van der Waals surface area (Å²) in [6.45, 7) is 0.514. The number of rotatable bonds is 8. The van der Waals surface area contributed by atoms with Crippen LogP contribution in [0.1, 0.15) is 27.1 Å². The van der Waals surface area contributed by atoms with Crippen molar-refractivity contribution in [3.05, 3.63) is 35.4 Å². The van der Waals surface area contributed by atoms with E-state index in [2.05, 4.69) is 10.6 Å². The quantitative estimate of drug-likeness (QED) is 0.401. The molecule has 0 saturated carbocycles. The third-order valence-corrected chi connectivity index (χ3v) is 3.62. The first kappa shape index (κ1) is 18.7. The average molecular weight is 368 g/mol. The van der Waals surface area contributed by atoms with Crippen LogP contribution in [0.3, 0.4) is 0 Å². The van der Waals surface area contributed by atoms with Gasteiger partial charge in [0.1, 0.15) is 6.61 Å². The molecular formula is C16H18ClN3O5. The summed E-state index contributed by atoms with van der Waals surface area (Å²) in [5.41, 5.74) is 0.708. The number of ether oxygens (including phenoxy) is 1. The number of halogens is 1. The molecule has 1 aliphatic heterocycles. The van der Waals surface area contributed by atoms with Crippen LogP contribution in [0.15, 0.2) is 24.3 Å². The van der Waals surface area contributed by atoms with Crippen LogP contribution in [-0.2, 0) is 9.53 Å². The number of nitrogens with zero attached hydrogens (tertiary/aromatic N) is 1. The molecule has 2 rings (SSSR count). The molecule has 9 heteroatoms. The zero-order chi connectivity index (χ0) is 18.2. The summed E-state index contributed by atoms with van der Waals surface area (Å²) in [5, 5.41) is 5.03. The highest BCUT2D eigenvalue weighted by Gasteiger charge is 2.34. The number of carbonyl (C=O) groups excluding carboxylic acids is 4. The maximum atomic E-state index is 12.1. The number of benzene rings is 1. The maximum absolute atomic E-state index is 12.1. The summed E-state index contributed by atoms with van der Waals surface area (Å²) in [6.07, 6.45) is -0.622. The van der Waals surface area contributed by atoms with Crippen molar-refractivity contribution in [2.24, 2.45) is 0 Å². The predicted octanol–water partition coefficient (Wildman–Crippen LogP) is 0.754. The predicted molar refractivity (Wildman–Crippen MR) is 89.5 cm³/mol. The molecule has 8 nitrogen and oxygen atoms in total. The molecule has 1 aliphatic rings. The average Bonchev–Trinajstić information content (AvgIpc) is 2.86. The Hall–Kier alpha value is -2.61. The first-order valence-corrected chi connectivity index (χ1v) is 8.26. The van der Waals surface area contributed by atoms with Gasteiger partial charge in [-0.15, -0.1) is 11.6 Å². The number of alkyl carbamates (subject to hydrolysis) is 1. The van der Waals surface area contributed by atoms with Gasteiger partial charge in [-0.2, -0.15) is 0 Å². The largest absolute Gasteiger partial charge is 0.448 e. The van der Waals surface area contributed by atoms with Gasteiger partial charge in [0.15, 0.2) is 0 Å². The summed E-state index contributed by atoms with van der Waals surface area (Å²) >= 11 is 5.37. The lowest BCUT2D eigenvalue weighted by Crippen LogP contribution is -2.37. The number of carbonyl (C=O) groups is 4. The van der Waals surface area contributed by atoms with Crippen molar-refractivity contribution in [2.45, 2.75) is 6.42 Å². The van der Waals surface area contributed by atoms with Crippen LogP contribution in [0.4, 0.5) is 4.79 Å². The van der Waals surface area contributed by atoms with E-state index in [-0.39, 0.29) is 44.4 Å². The van der Waals surface area contributed by atoms with Crippen molar-refractivity contribution in [1.29, 1.82) is 0 Å². The van der Waals surface area contributed by atoms with Gasteiger partial charge in [-0.05, 0) is 12.1 Å². The van der Waals surface area contributed by atoms with Gasteiger partial charge in [0.05, 0.1) is 17.0 Å². The molecule has 1 heterocycles. The van der Waals surface area contributed by atoms with Gasteiger partial charge in [0, 0.05) is 26.1 Å². The van der Waals surface area contributed by atoms with Gasteiger partial charge >= 0.3 is 6.09 Å². The van der Waals surface area contributed by atoms with E-state index < -0.39 is 17.9 Å². The smallest absolute Gasteiger partial charge is 0.407 e. The summed E-state index contributed by atoms with van der Waals surface area (Å²) < 4.78 is 4.69. The van der Waals surface area contributed by atoms with Crippen molar-refractivity contribution in [3.63, 3.8) is 0 Å². The molecule has 0 spiro atoms. The van der Waals surface area contributed by atoms with Gasteiger partial charge in [0.25, 0.3) is 11.8 Å². The Kier molecular flexibility index (Phi) is 6.76. The molecule has 4 amide bonds. The number of nitrogens with one attached hydrogen (secondary N) is 2. The zero-order valence-corrected chi connectivity index (χ0v) is 14.2. The topological polar surface area (TPSA) is 105 Å². The van der Waals surface area contributed by atoms with Crippen LogP contribution < -0.4 is 10.6 Å².